The first-order chi connectivity index (χ1) is 11.4. The van der Waals surface area contributed by atoms with Gasteiger partial charge in [0, 0.05) is 38.7 Å². The fraction of sp³-hybridized carbons (Fsp3) is 0.688. The summed E-state index contributed by atoms with van der Waals surface area (Å²) in [6.45, 7) is 8.91. The van der Waals surface area contributed by atoms with Crippen molar-refractivity contribution in [2.75, 3.05) is 40.4 Å². The Hall–Kier alpha value is -1.67. The summed E-state index contributed by atoms with van der Waals surface area (Å²) in [5.41, 5.74) is 1.06. The molecular weight excluding hydrogens is 326 g/mol. The van der Waals surface area contributed by atoms with Crippen LogP contribution in [0.15, 0.2) is 4.99 Å². The lowest BCUT2D eigenvalue weighted by molar-refractivity contribution is -0.127. The van der Waals surface area contributed by atoms with Gasteiger partial charge in [-0.3, -0.25) is 4.79 Å². The molecule has 1 heterocycles. The number of carbonyl (C=O) groups excluding carboxylic acids is 1. The second kappa shape index (κ2) is 11.0. The summed E-state index contributed by atoms with van der Waals surface area (Å²) in [6, 6.07) is 0. The van der Waals surface area contributed by atoms with Crippen LogP contribution in [0.3, 0.4) is 0 Å². The Morgan fingerprint density at radius 3 is 2.67 bits per heavy atom. The summed E-state index contributed by atoms with van der Waals surface area (Å²) in [5.74, 6) is 0.582. The zero-order valence-corrected chi connectivity index (χ0v) is 16.1. The largest absolute Gasteiger partial charge is 0.382 e. The number of aromatic nitrogens is 1. The van der Waals surface area contributed by atoms with Crippen molar-refractivity contribution < 1.29 is 9.53 Å². The smallest absolute Gasteiger partial charge is 0.243 e. The van der Waals surface area contributed by atoms with Crippen molar-refractivity contribution in [2.24, 2.45) is 4.99 Å². The maximum absolute atomic E-state index is 11.7. The highest BCUT2D eigenvalue weighted by Crippen LogP contribution is 2.15. The minimum absolute atomic E-state index is 0.0358. The van der Waals surface area contributed by atoms with Gasteiger partial charge >= 0.3 is 0 Å². The quantitative estimate of drug-likeness (QED) is 0.397. The molecule has 1 aromatic heterocycles. The average Bonchev–Trinajstić information content (AvgIpc) is 2.86. The predicted octanol–water partition coefficient (Wildman–Crippen LogP) is 1.31. The van der Waals surface area contributed by atoms with E-state index in [1.165, 1.54) is 9.78 Å². The van der Waals surface area contributed by atoms with E-state index in [1.54, 1.807) is 25.4 Å². The number of aryl methyl sites for hydroxylation is 2. The van der Waals surface area contributed by atoms with Gasteiger partial charge in [-0.15, -0.1) is 11.3 Å². The van der Waals surface area contributed by atoms with Crippen molar-refractivity contribution in [2.45, 2.75) is 33.7 Å². The van der Waals surface area contributed by atoms with Gasteiger partial charge in [-0.2, -0.15) is 0 Å². The molecule has 0 bridgehead atoms. The zero-order chi connectivity index (χ0) is 17.9. The molecule has 0 unspecified atom stereocenters. The molecule has 24 heavy (non-hydrogen) atoms. The Balaban J connectivity index is 2.55. The van der Waals surface area contributed by atoms with E-state index in [2.05, 4.69) is 27.5 Å². The van der Waals surface area contributed by atoms with Crippen LogP contribution in [0, 0.1) is 13.8 Å². The lowest BCUT2D eigenvalue weighted by Crippen LogP contribution is -2.39. The highest BCUT2D eigenvalue weighted by atomic mass is 32.1. The van der Waals surface area contributed by atoms with Crippen LogP contribution in [0.5, 0.6) is 0 Å². The normalized spacial score (nSPS) is 11.5. The number of hydrogen-bond acceptors (Lipinski definition) is 5. The van der Waals surface area contributed by atoms with E-state index in [9.17, 15) is 4.79 Å². The fourth-order valence-electron chi connectivity index (χ4n) is 1.76. The topological polar surface area (TPSA) is 78.8 Å². The molecule has 0 aromatic carbocycles. The molecule has 0 saturated heterocycles. The first-order valence-electron chi connectivity index (χ1n) is 8.17. The van der Waals surface area contributed by atoms with Gasteiger partial charge in [-0.25, -0.2) is 9.98 Å². The number of hydrogen-bond donors (Lipinski definition) is 2. The Morgan fingerprint density at radius 1 is 1.33 bits per heavy atom. The lowest BCUT2D eigenvalue weighted by Gasteiger charge is -2.13. The maximum atomic E-state index is 11.7. The number of amides is 1. The molecule has 0 atom stereocenters. The molecule has 7 nitrogen and oxygen atoms in total. The molecule has 1 aromatic rings. The highest BCUT2D eigenvalue weighted by Gasteiger charge is 2.07. The Kier molecular flexibility index (Phi) is 9.33. The van der Waals surface area contributed by atoms with Crippen molar-refractivity contribution in [3.63, 3.8) is 0 Å². The number of likely N-dealkylation sites (N-methyl/N-ethyl adjacent to an activating group) is 1. The monoisotopic (exact) mass is 355 g/mol. The number of nitrogens with zero attached hydrogens (tertiary/aromatic N) is 3. The third-order valence-corrected chi connectivity index (χ3v) is 4.39. The number of ether oxygens (including phenoxy) is 1. The SMILES string of the molecule is CCOCCCNC(=NCC(=O)N(C)C)NCc1nc(C)c(C)s1. The molecule has 0 fully saturated rings. The number of rotatable bonds is 9. The predicted molar refractivity (Wildman–Crippen MR) is 98.5 cm³/mol. The number of guanidine groups is 1. The van der Waals surface area contributed by atoms with Crippen molar-refractivity contribution in [1.82, 2.24) is 20.5 Å². The first-order valence-corrected chi connectivity index (χ1v) is 8.98. The van der Waals surface area contributed by atoms with E-state index < -0.39 is 0 Å². The standard InChI is InChI=1S/C16H29N5O2S/c1-6-23-9-7-8-17-16(19-11-15(22)21(4)5)18-10-14-20-12(2)13(3)24-14/h6-11H2,1-5H3,(H2,17,18,19). The summed E-state index contributed by atoms with van der Waals surface area (Å²) in [6.07, 6.45) is 0.881. The fourth-order valence-corrected chi connectivity index (χ4v) is 2.64. The van der Waals surface area contributed by atoms with Crippen molar-refractivity contribution in [3.8, 4) is 0 Å². The van der Waals surface area contributed by atoms with Gasteiger partial charge in [0.15, 0.2) is 5.96 Å². The van der Waals surface area contributed by atoms with Gasteiger partial charge in [0.1, 0.15) is 11.6 Å². The Morgan fingerprint density at radius 2 is 2.08 bits per heavy atom. The van der Waals surface area contributed by atoms with Crippen LogP contribution in [0.4, 0.5) is 0 Å². The number of nitrogens with one attached hydrogen (secondary N) is 2. The molecule has 1 rings (SSSR count). The van der Waals surface area contributed by atoms with E-state index in [-0.39, 0.29) is 12.5 Å². The molecule has 136 valence electrons. The van der Waals surface area contributed by atoms with Crippen LogP contribution in [0.25, 0.3) is 0 Å². The van der Waals surface area contributed by atoms with Crippen LogP contribution >= 0.6 is 11.3 Å². The van der Waals surface area contributed by atoms with Gasteiger partial charge in [0.2, 0.25) is 5.91 Å². The van der Waals surface area contributed by atoms with Crippen molar-refractivity contribution in [3.05, 3.63) is 15.6 Å². The molecule has 0 saturated carbocycles. The second-order valence-corrected chi connectivity index (χ2v) is 6.82. The molecular formula is C16H29N5O2S. The lowest BCUT2D eigenvalue weighted by atomic mass is 10.4. The van der Waals surface area contributed by atoms with Crippen molar-refractivity contribution in [1.29, 1.82) is 0 Å². The summed E-state index contributed by atoms with van der Waals surface area (Å²) < 4.78 is 5.32. The molecule has 0 aliphatic rings. The minimum Gasteiger partial charge on any atom is -0.382 e. The summed E-state index contributed by atoms with van der Waals surface area (Å²) >= 11 is 1.67. The number of aliphatic imine (C=N–C) groups is 1. The van der Waals surface area contributed by atoms with Crippen LogP contribution in [0.2, 0.25) is 0 Å². The average molecular weight is 356 g/mol. The molecule has 0 radical (unpaired) electrons. The minimum atomic E-state index is -0.0358. The molecule has 2 N–H and O–H groups in total. The van der Waals surface area contributed by atoms with E-state index in [1.807, 2.05) is 13.8 Å². The Bertz CT molecular complexity index is 523. The third-order valence-electron chi connectivity index (χ3n) is 3.31. The summed E-state index contributed by atoms with van der Waals surface area (Å²) in [4.78, 5) is 23.3. The third kappa shape index (κ3) is 7.74. The Labute approximate surface area is 148 Å². The molecule has 0 aliphatic heterocycles. The van der Waals surface area contributed by atoms with E-state index in [0.717, 1.165) is 30.3 Å². The molecule has 0 spiro atoms. The van der Waals surface area contributed by atoms with Crippen molar-refractivity contribution >= 4 is 23.2 Å². The van der Waals surface area contributed by atoms with Gasteiger partial charge in [0.05, 0.1) is 12.2 Å². The van der Waals surface area contributed by atoms with Gasteiger partial charge < -0.3 is 20.3 Å². The first kappa shape index (κ1) is 20.4. The highest BCUT2D eigenvalue weighted by molar-refractivity contribution is 7.11. The van der Waals surface area contributed by atoms with Crippen LogP contribution in [0.1, 0.15) is 28.9 Å². The molecule has 8 heteroatoms. The summed E-state index contributed by atoms with van der Waals surface area (Å²) in [7, 11) is 3.45. The van der Waals surface area contributed by atoms with E-state index in [4.69, 9.17) is 4.74 Å². The number of thiazole rings is 1. The van der Waals surface area contributed by atoms with Gasteiger partial charge in [-0.1, -0.05) is 0 Å². The maximum Gasteiger partial charge on any atom is 0.243 e. The van der Waals surface area contributed by atoms with Crippen LogP contribution in [-0.4, -0.2) is 62.1 Å². The van der Waals surface area contributed by atoms with Gasteiger partial charge in [-0.05, 0) is 27.2 Å². The van der Waals surface area contributed by atoms with Crippen LogP contribution in [-0.2, 0) is 16.1 Å². The van der Waals surface area contributed by atoms with Crippen LogP contribution < -0.4 is 10.6 Å². The van der Waals surface area contributed by atoms with Gasteiger partial charge in [0.25, 0.3) is 0 Å². The zero-order valence-electron chi connectivity index (χ0n) is 15.3. The molecule has 0 aliphatic carbocycles. The van der Waals surface area contributed by atoms with E-state index in [0.29, 0.717) is 19.1 Å². The molecule has 1 amide bonds. The van der Waals surface area contributed by atoms with E-state index >= 15 is 0 Å². The summed E-state index contributed by atoms with van der Waals surface area (Å²) in [5, 5.41) is 7.47. The second-order valence-electron chi connectivity index (χ2n) is 5.53. The number of carbonyl (C=O) groups is 1.